The molecule has 3 heterocycles. The van der Waals surface area contributed by atoms with Crippen molar-refractivity contribution in [3.05, 3.63) is 35.1 Å². The van der Waals surface area contributed by atoms with Gasteiger partial charge in [-0.05, 0) is 18.2 Å². The quantitative estimate of drug-likeness (QED) is 0.397. The molecule has 1 aromatic heterocycles. The first-order valence-electron chi connectivity index (χ1n) is 11.2. The zero-order valence-electron chi connectivity index (χ0n) is 19.5. The molecule has 0 bridgehead atoms. The molecule has 2 fully saturated rings. The van der Waals surface area contributed by atoms with Crippen LogP contribution in [0.15, 0.2) is 23.6 Å². The number of nitrogens with one attached hydrogen (secondary N) is 3. The number of hydrazine groups is 1. The molecule has 4 rings (SSSR count). The Kier molecular flexibility index (Phi) is 8.16. The number of amides is 4. The number of hydrogen-bond acceptors (Lipinski definition) is 9. The molecule has 13 nitrogen and oxygen atoms in total. The second-order valence-electron chi connectivity index (χ2n) is 8.12. The number of aromatic carboxylic acids is 1. The summed E-state index contributed by atoms with van der Waals surface area (Å²) in [7, 11) is 0. The fourth-order valence-electron chi connectivity index (χ4n) is 3.78. The number of carbonyl (C=O) groups is 4. The standard InChI is InChI=1S/C21H22F3N7O6S/c22-13-7-11(30-9-12(37-21(30)36)8-25-17(32)16(23)24)1-2-15(13)29-4-3-26-31(6-5-29)20(35)28-19-27-14(10-38-19)18(33)34/h1-2,7,10,12,16,26H,3-6,8-9H2,(H,25,32)(H,33,34)(H,27,28,35)/t12-/m0/s1. The van der Waals surface area contributed by atoms with Gasteiger partial charge in [-0.1, -0.05) is 0 Å². The summed E-state index contributed by atoms with van der Waals surface area (Å²) >= 11 is 0.968. The first-order chi connectivity index (χ1) is 18.1. The van der Waals surface area contributed by atoms with Crippen LogP contribution in [0, 0.1) is 5.82 Å². The minimum Gasteiger partial charge on any atom is -0.476 e. The predicted octanol–water partition coefficient (Wildman–Crippen LogP) is 1.55. The van der Waals surface area contributed by atoms with E-state index in [0.717, 1.165) is 22.3 Å². The molecule has 0 aliphatic carbocycles. The lowest BCUT2D eigenvalue weighted by atomic mass is 10.2. The molecule has 2 aliphatic rings. The predicted molar refractivity (Wildman–Crippen MR) is 128 cm³/mol. The summed E-state index contributed by atoms with van der Waals surface area (Å²) in [6.45, 7) is 0.683. The molecule has 2 aliphatic heterocycles. The van der Waals surface area contributed by atoms with E-state index in [2.05, 4.69) is 15.7 Å². The zero-order chi connectivity index (χ0) is 27.4. The van der Waals surface area contributed by atoms with E-state index < -0.39 is 42.3 Å². The molecule has 4 amide bonds. The monoisotopic (exact) mass is 557 g/mol. The number of carbonyl (C=O) groups excluding carboxylic acids is 3. The Balaban J connectivity index is 1.34. The van der Waals surface area contributed by atoms with Crippen LogP contribution >= 0.6 is 11.3 Å². The smallest absolute Gasteiger partial charge is 0.414 e. The molecule has 1 atom stereocenters. The molecule has 0 saturated carbocycles. The van der Waals surface area contributed by atoms with E-state index in [1.165, 1.54) is 22.5 Å². The maximum Gasteiger partial charge on any atom is 0.414 e. The Bertz CT molecular complexity index is 1230. The van der Waals surface area contributed by atoms with Crippen LogP contribution in [0.5, 0.6) is 0 Å². The number of hydrogen-bond donors (Lipinski definition) is 4. The van der Waals surface area contributed by atoms with Crippen LogP contribution in [0.4, 0.5) is 39.3 Å². The third-order valence-corrected chi connectivity index (χ3v) is 6.38. The number of nitrogens with zero attached hydrogens (tertiary/aromatic N) is 4. The van der Waals surface area contributed by atoms with Crippen molar-refractivity contribution >= 4 is 51.8 Å². The van der Waals surface area contributed by atoms with Gasteiger partial charge in [0.25, 0.3) is 5.91 Å². The molecule has 1 aromatic carbocycles. The van der Waals surface area contributed by atoms with E-state index in [1.807, 2.05) is 5.32 Å². The first kappa shape index (κ1) is 26.9. The topological polar surface area (TPSA) is 156 Å². The highest BCUT2D eigenvalue weighted by Crippen LogP contribution is 2.28. The van der Waals surface area contributed by atoms with E-state index in [4.69, 9.17) is 9.84 Å². The van der Waals surface area contributed by atoms with E-state index in [-0.39, 0.29) is 54.9 Å². The molecule has 0 unspecified atom stereocenters. The number of halogens is 3. The van der Waals surface area contributed by atoms with Crippen molar-refractivity contribution in [1.82, 2.24) is 20.7 Å². The van der Waals surface area contributed by atoms with Crippen molar-refractivity contribution < 1.29 is 42.2 Å². The summed E-state index contributed by atoms with van der Waals surface area (Å²) < 4.78 is 44.8. The Labute approximate surface area is 217 Å². The van der Waals surface area contributed by atoms with Gasteiger partial charge >= 0.3 is 24.5 Å². The molecular weight excluding hydrogens is 535 g/mol. The highest BCUT2D eigenvalue weighted by Gasteiger charge is 2.33. The van der Waals surface area contributed by atoms with Crippen molar-refractivity contribution in [2.24, 2.45) is 0 Å². The van der Waals surface area contributed by atoms with E-state index in [0.29, 0.717) is 6.54 Å². The molecule has 204 valence electrons. The van der Waals surface area contributed by atoms with Gasteiger partial charge in [-0.15, -0.1) is 11.3 Å². The average Bonchev–Trinajstić information content (AvgIpc) is 3.41. The van der Waals surface area contributed by atoms with Crippen LogP contribution in [-0.2, 0) is 9.53 Å². The van der Waals surface area contributed by atoms with Crippen LogP contribution in [0.3, 0.4) is 0 Å². The number of rotatable bonds is 7. The summed E-state index contributed by atoms with van der Waals surface area (Å²) in [5, 5.41) is 16.1. The first-order valence-corrected chi connectivity index (χ1v) is 12.1. The van der Waals surface area contributed by atoms with Gasteiger partial charge in [-0.3, -0.25) is 20.0 Å². The van der Waals surface area contributed by atoms with Crippen molar-refractivity contribution in [3.8, 4) is 0 Å². The molecule has 4 N–H and O–H groups in total. The number of alkyl halides is 2. The van der Waals surface area contributed by atoms with Gasteiger partial charge in [-0.25, -0.2) is 29.2 Å². The minimum atomic E-state index is -3.19. The van der Waals surface area contributed by atoms with Gasteiger partial charge in [0.2, 0.25) is 0 Å². The second kappa shape index (κ2) is 11.5. The number of benzene rings is 1. The lowest BCUT2D eigenvalue weighted by molar-refractivity contribution is -0.132. The third kappa shape index (κ3) is 6.23. The molecule has 17 heteroatoms. The minimum absolute atomic E-state index is 0.0636. The van der Waals surface area contributed by atoms with Gasteiger partial charge in [-0.2, -0.15) is 8.78 Å². The van der Waals surface area contributed by atoms with E-state index in [9.17, 15) is 28.0 Å². The second-order valence-corrected chi connectivity index (χ2v) is 8.98. The number of carboxylic acid groups (broad SMARTS) is 1. The van der Waals surface area contributed by atoms with Crippen molar-refractivity contribution in [1.29, 1.82) is 0 Å². The maximum atomic E-state index is 15.1. The summed E-state index contributed by atoms with van der Waals surface area (Å²) in [6, 6.07) is 3.57. The zero-order valence-corrected chi connectivity index (χ0v) is 20.3. The number of thiazole rings is 1. The molecule has 0 radical (unpaired) electrons. The van der Waals surface area contributed by atoms with Gasteiger partial charge in [0.05, 0.1) is 31.0 Å². The SMILES string of the molecule is O=C(O)c1csc(NC(=O)N2CCN(c3ccc(N4C[C@H](CNC(=O)C(F)F)OC4=O)cc3F)CCN2)n1. The Morgan fingerprint density at radius 2 is 2.05 bits per heavy atom. The van der Waals surface area contributed by atoms with Crippen LogP contribution < -0.4 is 25.9 Å². The molecular formula is C21H22F3N7O6S. The molecule has 38 heavy (non-hydrogen) atoms. The Morgan fingerprint density at radius 1 is 1.26 bits per heavy atom. The molecule has 2 saturated heterocycles. The number of aromatic nitrogens is 1. The highest BCUT2D eigenvalue weighted by molar-refractivity contribution is 7.14. The number of cyclic esters (lactones) is 1. The van der Waals surface area contributed by atoms with Crippen molar-refractivity contribution in [2.45, 2.75) is 12.5 Å². The summed E-state index contributed by atoms with van der Waals surface area (Å²) in [6.07, 6.45) is -4.86. The van der Waals surface area contributed by atoms with Crippen LogP contribution in [-0.4, -0.2) is 90.9 Å². The Hall–Kier alpha value is -4.12. The van der Waals surface area contributed by atoms with Gasteiger partial charge in [0.15, 0.2) is 10.8 Å². The van der Waals surface area contributed by atoms with Gasteiger partial charge in [0.1, 0.15) is 11.9 Å². The van der Waals surface area contributed by atoms with Crippen LogP contribution in [0.25, 0.3) is 0 Å². The van der Waals surface area contributed by atoms with Crippen LogP contribution in [0.2, 0.25) is 0 Å². The van der Waals surface area contributed by atoms with Gasteiger partial charge < -0.3 is 20.1 Å². The summed E-state index contributed by atoms with van der Waals surface area (Å²) in [5.41, 5.74) is 3.16. The van der Waals surface area contributed by atoms with E-state index >= 15 is 4.39 Å². The fraction of sp³-hybridized carbons (Fsp3) is 0.381. The third-order valence-electron chi connectivity index (χ3n) is 5.62. The number of carboxylic acids is 1. The lowest BCUT2D eigenvalue weighted by Gasteiger charge is -2.24. The number of ether oxygens (including phenoxy) is 1. The number of urea groups is 1. The highest BCUT2D eigenvalue weighted by atomic mass is 32.1. The van der Waals surface area contributed by atoms with Crippen molar-refractivity contribution in [2.75, 3.05) is 54.4 Å². The Morgan fingerprint density at radius 3 is 2.74 bits per heavy atom. The van der Waals surface area contributed by atoms with E-state index in [1.54, 1.807) is 4.90 Å². The average molecular weight is 558 g/mol. The molecule has 0 spiro atoms. The summed E-state index contributed by atoms with van der Waals surface area (Å²) in [4.78, 5) is 53.4. The number of anilines is 3. The fourth-order valence-corrected chi connectivity index (χ4v) is 4.46. The normalized spacial score (nSPS) is 17.8. The largest absolute Gasteiger partial charge is 0.476 e. The molecule has 2 aromatic rings. The van der Waals surface area contributed by atoms with Gasteiger partial charge in [0, 0.05) is 25.0 Å². The van der Waals surface area contributed by atoms with Crippen LogP contribution in [0.1, 0.15) is 10.5 Å². The lowest BCUT2D eigenvalue weighted by Crippen LogP contribution is -2.46. The van der Waals surface area contributed by atoms with Crippen molar-refractivity contribution in [3.63, 3.8) is 0 Å². The summed E-state index contributed by atoms with van der Waals surface area (Å²) in [5.74, 6) is -3.32. The maximum absolute atomic E-state index is 15.1.